The highest BCUT2D eigenvalue weighted by atomic mass is 19.1. The number of phenolic OH excluding ortho intramolecular Hbond substituents is 1. The molecule has 3 nitrogen and oxygen atoms in total. The number of ether oxygens (including phenoxy) is 1. The van der Waals surface area contributed by atoms with Gasteiger partial charge in [-0.25, -0.2) is 13.6 Å². The Bertz CT molecular complexity index is 989. The Labute approximate surface area is 196 Å². The third-order valence-electron chi connectivity index (χ3n) is 6.53. The zero-order valence-electron chi connectivity index (χ0n) is 20.6. The van der Waals surface area contributed by atoms with E-state index in [1.165, 1.54) is 18.2 Å². The van der Waals surface area contributed by atoms with E-state index < -0.39 is 23.2 Å². The van der Waals surface area contributed by atoms with Crippen molar-refractivity contribution in [3.63, 3.8) is 0 Å². The number of hydrogen-bond donors (Lipinski definition) is 1. The average molecular weight is 459 g/mol. The third-order valence-corrected chi connectivity index (χ3v) is 6.53. The smallest absolute Gasteiger partial charge is 0.339 e. The van der Waals surface area contributed by atoms with Crippen molar-refractivity contribution in [2.75, 3.05) is 0 Å². The Balaban J connectivity index is 1.97. The first kappa shape index (κ1) is 25.2. The molecule has 1 unspecified atom stereocenters. The van der Waals surface area contributed by atoms with Crippen LogP contribution in [0, 0.1) is 22.5 Å². The summed E-state index contributed by atoms with van der Waals surface area (Å²) in [6.07, 6.45) is 3.48. The van der Waals surface area contributed by atoms with Crippen LogP contribution in [0.15, 0.2) is 36.4 Å². The van der Waals surface area contributed by atoms with Crippen molar-refractivity contribution in [3.05, 3.63) is 64.7 Å². The van der Waals surface area contributed by atoms with Crippen LogP contribution >= 0.6 is 0 Å². The number of phenols is 1. The van der Waals surface area contributed by atoms with Gasteiger partial charge in [0.15, 0.2) is 0 Å². The summed E-state index contributed by atoms with van der Waals surface area (Å²) < 4.78 is 33.9. The van der Waals surface area contributed by atoms with Gasteiger partial charge in [-0.2, -0.15) is 0 Å². The first-order valence-corrected chi connectivity index (χ1v) is 11.7. The van der Waals surface area contributed by atoms with Crippen molar-refractivity contribution in [2.24, 2.45) is 10.8 Å². The molecule has 1 fully saturated rings. The Morgan fingerprint density at radius 3 is 2.06 bits per heavy atom. The average Bonchev–Trinajstić information content (AvgIpc) is 3.13. The van der Waals surface area contributed by atoms with Crippen molar-refractivity contribution in [2.45, 2.75) is 85.2 Å². The fourth-order valence-electron chi connectivity index (χ4n) is 4.94. The molecular formula is C28H36F2O3. The molecular weight excluding hydrogens is 422 g/mol. The Kier molecular flexibility index (Phi) is 6.93. The van der Waals surface area contributed by atoms with Gasteiger partial charge >= 0.3 is 5.97 Å². The zero-order valence-corrected chi connectivity index (χ0v) is 20.6. The summed E-state index contributed by atoms with van der Waals surface area (Å²) in [5.74, 6) is -1.87. The molecule has 0 aliphatic heterocycles. The second-order valence-electron chi connectivity index (χ2n) is 11.7. The molecule has 0 saturated heterocycles. The van der Waals surface area contributed by atoms with Crippen molar-refractivity contribution in [1.29, 1.82) is 0 Å². The van der Waals surface area contributed by atoms with Crippen LogP contribution in [0.5, 0.6) is 5.75 Å². The molecule has 1 aliphatic rings. The molecule has 0 aromatic heterocycles. The summed E-state index contributed by atoms with van der Waals surface area (Å²) in [5, 5.41) is 10.5. The summed E-state index contributed by atoms with van der Waals surface area (Å²) in [5.41, 5.74) is 0.359. The van der Waals surface area contributed by atoms with Gasteiger partial charge in [0, 0.05) is 11.6 Å². The van der Waals surface area contributed by atoms with Gasteiger partial charge in [-0.3, -0.25) is 0 Å². The Morgan fingerprint density at radius 2 is 1.55 bits per heavy atom. The molecule has 1 saturated carbocycles. The maximum Gasteiger partial charge on any atom is 0.339 e. The molecule has 2 aromatic rings. The number of carbonyl (C=O) groups excluding carboxylic acids is 1. The van der Waals surface area contributed by atoms with E-state index in [1.807, 2.05) is 0 Å². The summed E-state index contributed by atoms with van der Waals surface area (Å²) in [4.78, 5) is 13.3. The molecule has 0 amide bonds. The van der Waals surface area contributed by atoms with Gasteiger partial charge in [0.25, 0.3) is 0 Å². The van der Waals surface area contributed by atoms with Crippen LogP contribution in [-0.2, 0) is 10.3 Å². The van der Waals surface area contributed by atoms with E-state index in [1.54, 1.807) is 12.1 Å². The molecule has 1 N–H and O–H groups in total. The van der Waals surface area contributed by atoms with Crippen molar-refractivity contribution in [1.82, 2.24) is 0 Å². The number of esters is 1. The van der Waals surface area contributed by atoms with Gasteiger partial charge in [-0.15, -0.1) is 0 Å². The standard InChI is InChI=1S/C28H36F2O3/c1-26(2,3)17-24(27(4,5)6)18-11-19(13-23(31)12-18)25(32)33-28(9-7-8-10-28)20-14-21(29)16-22(30)15-20/h11-16,24,31H,7-10,17H2,1-6H3. The molecule has 1 aliphatic carbocycles. The molecule has 0 heterocycles. The van der Waals surface area contributed by atoms with Gasteiger partial charge in [-0.05, 0) is 84.7 Å². The van der Waals surface area contributed by atoms with Crippen LogP contribution < -0.4 is 0 Å². The third kappa shape index (κ3) is 6.13. The first-order valence-electron chi connectivity index (χ1n) is 11.7. The summed E-state index contributed by atoms with van der Waals surface area (Å²) >= 11 is 0. The molecule has 2 aromatic carbocycles. The summed E-state index contributed by atoms with van der Waals surface area (Å²) in [7, 11) is 0. The van der Waals surface area contributed by atoms with E-state index in [0.717, 1.165) is 30.9 Å². The van der Waals surface area contributed by atoms with Crippen molar-refractivity contribution < 1.29 is 23.4 Å². The second kappa shape index (κ2) is 9.08. The number of hydrogen-bond acceptors (Lipinski definition) is 3. The number of carbonyl (C=O) groups is 1. The van der Waals surface area contributed by atoms with Gasteiger partial charge in [0.1, 0.15) is 23.0 Å². The maximum absolute atomic E-state index is 13.9. The highest BCUT2D eigenvalue weighted by Gasteiger charge is 2.41. The lowest BCUT2D eigenvalue weighted by atomic mass is 9.69. The van der Waals surface area contributed by atoms with Gasteiger partial charge in [0.05, 0.1) is 5.56 Å². The maximum atomic E-state index is 13.9. The lowest BCUT2D eigenvalue weighted by Gasteiger charge is -2.36. The molecule has 0 radical (unpaired) electrons. The van der Waals surface area contributed by atoms with Crippen LogP contribution in [0.1, 0.15) is 101 Å². The van der Waals surface area contributed by atoms with Crippen LogP contribution in [0.2, 0.25) is 0 Å². The van der Waals surface area contributed by atoms with Crippen LogP contribution in [0.3, 0.4) is 0 Å². The Morgan fingerprint density at radius 1 is 0.970 bits per heavy atom. The van der Waals surface area contributed by atoms with Crippen molar-refractivity contribution >= 4 is 5.97 Å². The topological polar surface area (TPSA) is 46.5 Å². The minimum absolute atomic E-state index is 0.000110. The van der Waals surface area contributed by atoms with Crippen LogP contribution in [0.25, 0.3) is 0 Å². The normalized spacial score (nSPS) is 17.1. The van der Waals surface area contributed by atoms with Gasteiger partial charge in [0.2, 0.25) is 0 Å². The first-order chi connectivity index (χ1) is 15.2. The van der Waals surface area contributed by atoms with Crippen LogP contribution in [0.4, 0.5) is 8.78 Å². The van der Waals surface area contributed by atoms with E-state index in [0.29, 0.717) is 18.4 Å². The lowest BCUT2D eigenvalue weighted by Crippen LogP contribution is -2.30. The number of aromatic hydroxyl groups is 1. The predicted molar refractivity (Wildman–Crippen MR) is 126 cm³/mol. The molecule has 0 spiro atoms. The second-order valence-corrected chi connectivity index (χ2v) is 11.7. The highest BCUT2D eigenvalue weighted by Crippen LogP contribution is 2.45. The molecule has 1 atom stereocenters. The molecule has 3 rings (SSSR count). The molecule has 33 heavy (non-hydrogen) atoms. The minimum atomic E-state index is -1.07. The number of rotatable bonds is 5. The van der Waals surface area contributed by atoms with E-state index in [2.05, 4.69) is 41.5 Å². The fourth-order valence-corrected chi connectivity index (χ4v) is 4.94. The lowest BCUT2D eigenvalue weighted by molar-refractivity contribution is -0.0187. The van der Waals surface area contributed by atoms with E-state index in [9.17, 15) is 18.7 Å². The van der Waals surface area contributed by atoms with Gasteiger partial charge < -0.3 is 9.84 Å². The van der Waals surface area contributed by atoms with Crippen molar-refractivity contribution in [3.8, 4) is 5.75 Å². The minimum Gasteiger partial charge on any atom is -0.508 e. The summed E-state index contributed by atoms with van der Waals surface area (Å²) in [6, 6.07) is 8.21. The zero-order chi connectivity index (χ0) is 24.6. The quantitative estimate of drug-likeness (QED) is 0.464. The van der Waals surface area contributed by atoms with E-state index in [-0.39, 0.29) is 28.1 Å². The largest absolute Gasteiger partial charge is 0.508 e. The Hall–Kier alpha value is -2.43. The number of benzene rings is 2. The highest BCUT2D eigenvalue weighted by molar-refractivity contribution is 5.90. The number of halogens is 2. The SMILES string of the molecule is CC(C)(C)CC(c1cc(O)cc(C(=O)OC2(c3cc(F)cc(F)c3)CCCC2)c1)C(C)(C)C. The van der Waals surface area contributed by atoms with E-state index >= 15 is 0 Å². The fraction of sp³-hybridized carbons (Fsp3) is 0.536. The molecule has 0 bridgehead atoms. The molecule has 180 valence electrons. The monoisotopic (exact) mass is 458 g/mol. The van der Waals surface area contributed by atoms with Crippen LogP contribution in [-0.4, -0.2) is 11.1 Å². The predicted octanol–water partition coefficient (Wildman–Crippen LogP) is 7.86. The van der Waals surface area contributed by atoms with E-state index in [4.69, 9.17) is 4.74 Å². The molecule has 5 heteroatoms. The van der Waals surface area contributed by atoms with Gasteiger partial charge in [-0.1, -0.05) is 41.5 Å². The summed E-state index contributed by atoms with van der Waals surface area (Å²) in [6.45, 7) is 13.0.